The van der Waals surface area contributed by atoms with Crippen LogP contribution >= 0.6 is 0 Å². The van der Waals surface area contributed by atoms with Gasteiger partial charge in [0.05, 0.1) is 17.8 Å². The second-order valence-electron chi connectivity index (χ2n) is 5.56. The Morgan fingerprint density at radius 3 is 2.39 bits per heavy atom. The van der Waals surface area contributed by atoms with Crippen LogP contribution in [0.1, 0.15) is 5.56 Å². The molecule has 0 bridgehead atoms. The van der Waals surface area contributed by atoms with E-state index in [0.717, 1.165) is 28.6 Å². The molecule has 2 aromatic rings. The maximum atomic E-state index is 13.0. The molecule has 1 aromatic heterocycles. The van der Waals surface area contributed by atoms with Gasteiger partial charge in [-0.15, -0.1) is 15.8 Å². The zero-order valence-electron chi connectivity index (χ0n) is 14.7. The van der Waals surface area contributed by atoms with Gasteiger partial charge in [-0.1, -0.05) is 12.1 Å². The van der Waals surface area contributed by atoms with Crippen molar-refractivity contribution in [3.05, 3.63) is 48.8 Å². The van der Waals surface area contributed by atoms with Crippen LogP contribution in [0, 0.1) is 0 Å². The molecule has 0 atom stereocenters. The van der Waals surface area contributed by atoms with E-state index < -0.39 is 43.7 Å². The smallest absolute Gasteiger partial charge is 0.260 e. The van der Waals surface area contributed by atoms with Crippen LogP contribution in [-0.4, -0.2) is 56.0 Å². The summed E-state index contributed by atoms with van der Waals surface area (Å²) in [4.78, 5) is 3.50. The summed E-state index contributed by atoms with van der Waals surface area (Å²) in [5, 5.41) is 2.57. The van der Waals surface area contributed by atoms with Crippen molar-refractivity contribution in [2.24, 2.45) is 0 Å². The van der Waals surface area contributed by atoms with Crippen molar-refractivity contribution in [3.8, 4) is 0 Å². The summed E-state index contributed by atoms with van der Waals surface area (Å²) < 4.78 is 90.3. The van der Waals surface area contributed by atoms with Gasteiger partial charge in [0, 0.05) is 14.1 Å². The molecule has 0 radical (unpaired) electrons. The predicted octanol–water partition coefficient (Wildman–Crippen LogP) is 1.33. The first-order valence-corrected chi connectivity index (χ1v) is 10.3. The number of hydrogen-bond acceptors (Lipinski definition) is 6. The molecule has 1 aromatic carbocycles. The number of rotatable bonds is 7. The second kappa shape index (κ2) is 7.52. The summed E-state index contributed by atoms with van der Waals surface area (Å²) in [5.41, 5.74) is -1.36. The third-order valence-electron chi connectivity index (χ3n) is 3.43. The van der Waals surface area contributed by atoms with Gasteiger partial charge in [-0.3, -0.25) is 4.31 Å². The summed E-state index contributed by atoms with van der Waals surface area (Å²) in [5.74, 6) is 0. The zero-order valence-corrected chi connectivity index (χ0v) is 16.3. The van der Waals surface area contributed by atoms with Gasteiger partial charge in [0.2, 0.25) is 0 Å². The third-order valence-corrected chi connectivity index (χ3v) is 6.59. The molecule has 2 rings (SSSR count). The lowest BCUT2D eigenvalue weighted by atomic mass is 10.2. The van der Waals surface area contributed by atoms with E-state index in [4.69, 9.17) is 0 Å². The maximum absolute atomic E-state index is 13.0. The number of anilines is 1. The van der Waals surface area contributed by atoms with Gasteiger partial charge in [-0.25, -0.2) is 4.98 Å². The minimum Gasteiger partial charge on any atom is -0.260 e. The number of nitrogens with zero attached hydrogens (tertiary/aromatic N) is 5. The summed E-state index contributed by atoms with van der Waals surface area (Å²) >= 11 is 0. The number of aromatic nitrogens is 3. The molecule has 154 valence electrons. The maximum Gasteiger partial charge on any atom is 0.416 e. The summed E-state index contributed by atoms with van der Waals surface area (Å²) in [6.45, 7) is 3.00. The van der Waals surface area contributed by atoms with Crippen LogP contribution in [0.15, 0.2) is 48.4 Å². The highest BCUT2D eigenvalue weighted by Gasteiger charge is 2.34. The van der Waals surface area contributed by atoms with E-state index in [2.05, 4.69) is 16.7 Å². The minimum atomic E-state index is -4.68. The average Bonchev–Trinajstić information content (AvgIpc) is 3.10. The lowest BCUT2D eigenvalue weighted by Crippen LogP contribution is -2.33. The van der Waals surface area contributed by atoms with Crippen molar-refractivity contribution in [3.63, 3.8) is 0 Å². The molecule has 0 amide bonds. The quantitative estimate of drug-likeness (QED) is 0.603. The highest BCUT2D eigenvalue weighted by molar-refractivity contribution is 7.92. The van der Waals surface area contributed by atoms with E-state index in [1.165, 1.54) is 14.1 Å². The van der Waals surface area contributed by atoms with E-state index >= 15 is 0 Å². The van der Waals surface area contributed by atoms with Crippen LogP contribution in [0.25, 0.3) is 0 Å². The summed E-state index contributed by atoms with van der Waals surface area (Å²) in [6.07, 6.45) is -2.84. The van der Waals surface area contributed by atoms with Crippen molar-refractivity contribution in [2.75, 3.05) is 24.9 Å². The van der Waals surface area contributed by atoms with Gasteiger partial charge in [0.1, 0.15) is 6.33 Å². The second-order valence-corrected chi connectivity index (χ2v) is 9.32. The van der Waals surface area contributed by atoms with Crippen molar-refractivity contribution in [1.82, 2.24) is 18.5 Å². The summed E-state index contributed by atoms with van der Waals surface area (Å²) in [6, 6.07) is 3.64. The Balaban J connectivity index is 2.55. The first-order valence-electron chi connectivity index (χ1n) is 7.47. The predicted molar refractivity (Wildman–Crippen MR) is 94.2 cm³/mol. The highest BCUT2D eigenvalue weighted by atomic mass is 32.2. The van der Waals surface area contributed by atoms with Crippen molar-refractivity contribution >= 4 is 25.9 Å². The Bertz CT molecular complexity index is 1080. The fraction of sp³-hybridized carbons (Fsp3) is 0.286. The Hall–Kier alpha value is -2.45. The first kappa shape index (κ1) is 21.8. The number of alkyl halides is 3. The SMILES string of the molecule is C=CCN(c1cccc(C(F)(F)F)c1)S(=O)(=O)c1ncn(S(=O)(=O)N(C)C)n1. The van der Waals surface area contributed by atoms with Crippen LogP contribution < -0.4 is 4.31 Å². The number of hydrogen-bond donors (Lipinski definition) is 0. The van der Waals surface area contributed by atoms with Gasteiger partial charge in [0.25, 0.3) is 5.16 Å². The van der Waals surface area contributed by atoms with E-state index in [-0.39, 0.29) is 5.69 Å². The van der Waals surface area contributed by atoms with Gasteiger partial charge in [-0.05, 0) is 18.2 Å². The van der Waals surface area contributed by atoms with Crippen molar-refractivity contribution in [1.29, 1.82) is 0 Å². The van der Waals surface area contributed by atoms with E-state index in [1.54, 1.807) is 0 Å². The molecule has 0 aliphatic rings. The molecule has 0 aliphatic carbocycles. The fourth-order valence-electron chi connectivity index (χ4n) is 2.03. The lowest BCUT2D eigenvalue weighted by Gasteiger charge is -2.22. The largest absolute Gasteiger partial charge is 0.416 e. The molecule has 0 unspecified atom stereocenters. The van der Waals surface area contributed by atoms with Gasteiger partial charge >= 0.3 is 26.4 Å². The molecule has 0 N–H and O–H groups in total. The molecular formula is C14H16F3N5O4S2. The molecule has 14 heteroatoms. The molecule has 0 saturated heterocycles. The van der Waals surface area contributed by atoms with Gasteiger partial charge < -0.3 is 0 Å². The van der Waals surface area contributed by atoms with Crippen LogP contribution in [0.4, 0.5) is 18.9 Å². The molecule has 1 heterocycles. The molecular weight excluding hydrogens is 423 g/mol. The van der Waals surface area contributed by atoms with Gasteiger partial charge in [0.15, 0.2) is 0 Å². The highest BCUT2D eigenvalue weighted by Crippen LogP contribution is 2.32. The Morgan fingerprint density at radius 2 is 1.86 bits per heavy atom. The lowest BCUT2D eigenvalue weighted by molar-refractivity contribution is -0.137. The Kier molecular flexibility index (Phi) is 5.87. The number of halogens is 3. The monoisotopic (exact) mass is 439 g/mol. The third kappa shape index (κ3) is 4.18. The standard InChI is InChI=1S/C14H16F3N5O4S2/c1-4-8-21(12-7-5-6-11(9-12)14(15,16)17)27(23,24)13-18-10-22(19-13)28(25,26)20(2)3/h4-7,9-10H,1,8H2,2-3H3. The normalized spacial score (nSPS) is 12.9. The topological polar surface area (TPSA) is 105 Å². The van der Waals surface area contributed by atoms with Crippen LogP contribution in [0.5, 0.6) is 0 Å². The van der Waals surface area contributed by atoms with E-state index in [0.29, 0.717) is 20.8 Å². The Labute approximate surface area is 159 Å². The van der Waals surface area contributed by atoms with E-state index in [1.807, 2.05) is 0 Å². The van der Waals surface area contributed by atoms with Crippen LogP contribution in [0.2, 0.25) is 0 Å². The van der Waals surface area contributed by atoms with Crippen molar-refractivity contribution < 1.29 is 30.0 Å². The molecule has 0 fully saturated rings. The summed E-state index contributed by atoms with van der Waals surface area (Å²) in [7, 11) is -6.28. The molecule has 0 aliphatic heterocycles. The van der Waals surface area contributed by atoms with Crippen LogP contribution in [0.3, 0.4) is 0 Å². The van der Waals surface area contributed by atoms with Crippen LogP contribution in [-0.2, 0) is 26.4 Å². The molecule has 9 nitrogen and oxygen atoms in total. The van der Waals surface area contributed by atoms with Crippen molar-refractivity contribution in [2.45, 2.75) is 11.3 Å². The Morgan fingerprint density at radius 1 is 1.21 bits per heavy atom. The minimum absolute atomic E-state index is 0.304. The zero-order chi connectivity index (χ0) is 21.3. The first-order chi connectivity index (χ1) is 12.8. The molecule has 28 heavy (non-hydrogen) atoms. The van der Waals surface area contributed by atoms with Gasteiger partial charge in [-0.2, -0.15) is 34.3 Å². The number of sulfonamides is 1. The number of benzene rings is 1. The average molecular weight is 439 g/mol. The van der Waals surface area contributed by atoms with E-state index in [9.17, 15) is 30.0 Å². The molecule has 0 saturated carbocycles. The fourth-order valence-corrected chi connectivity index (χ4v) is 4.02. The molecule has 0 spiro atoms.